The Kier molecular flexibility index (Phi) is 6.07. The van der Waals surface area contributed by atoms with E-state index in [2.05, 4.69) is 57.0 Å². The molecule has 3 unspecified atom stereocenters. The molecule has 35 heavy (non-hydrogen) atoms. The van der Waals surface area contributed by atoms with Crippen molar-refractivity contribution in [1.29, 1.82) is 0 Å². The first-order valence-corrected chi connectivity index (χ1v) is 13.3. The van der Waals surface area contributed by atoms with Crippen LogP contribution >= 0.6 is 0 Å². The van der Waals surface area contributed by atoms with Gasteiger partial charge in [0.05, 0.1) is 11.4 Å². The number of aromatic nitrogens is 2. The van der Waals surface area contributed by atoms with Crippen LogP contribution in [-0.2, 0) is 26.1 Å². The fourth-order valence-corrected chi connectivity index (χ4v) is 7.15. The molecule has 0 radical (unpaired) electrons. The maximum absolute atomic E-state index is 9.86. The zero-order valence-electron chi connectivity index (χ0n) is 20.4. The lowest BCUT2D eigenvalue weighted by atomic mass is 9.70. The molecule has 3 aliphatic rings. The van der Waals surface area contributed by atoms with Crippen LogP contribution in [-0.4, -0.2) is 21.1 Å². The maximum atomic E-state index is 9.86. The van der Waals surface area contributed by atoms with Gasteiger partial charge in [-0.3, -0.25) is 9.97 Å². The molecule has 2 aromatic heterocycles. The number of hydrogen-bond acceptors (Lipinski definition) is 5. The molecule has 0 aliphatic heterocycles. The molecule has 6 rings (SSSR count). The lowest BCUT2D eigenvalue weighted by Crippen LogP contribution is -2.45. The van der Waals surface area contributed by atoms with E-state index < -0.39 is 0 Å². The minimum Gasteiger partial charge on any atom is -0.506 e. The Morgan fingerprint density at radius 2 is 1.74 bits per heavy atom. The molecule has 182 valence electrons. The van der Waals surface area contributed by atoms with Crippen molar-refractivity contribution in [3.05, 3.63) is 89.5 Å². The standard InChI is InChI=1S/C30H36N4O/c35-26-7-5-17-33-25(26)21-31-19-23-11-9-22(10-12-23)13-15-29-18-27(29)30(29)14-3-1-8-28(30)34-20-24-6-2-4-16-32-24/h2,4-7,9-12,16-17,27-28,31,34-35H,1,3,8,13-15,18-21H2/t27?,28?,29?,30-/m0/s1. The summed E-state index contributed by atoms with van der Waals surface area (Å²) in [6, 6.07) is 19.4. The lowest BCUT2D eigenvalue weighted by molar-refractivity contribution is 0.135. The van der Waals surface area contributed by atoms with Crippen LogP contribution in [0, 0.1) is 16.7 Å². The molecule has 4 atom stereocenters. The first kappa shape index (κ1) is 22.7. The van der Waals surface area contributed by atoms with Crippen LogP contribution in [0.1, 0.15) is 61.0 Å². The van der Waals surface area contributed by atoms with Crippen molar-refractivity contribution in [2.75, 3.05) is 0 Å². The Hall–Kier alpha value is -2.76. The molecular weight excluding hydrogens is 432 g/mol. The van der Waals surface area contributed by atoms with Crippen molar-refractivity contribution in [2.45, 2.75) is 70.6 Å². The molecule has 5 heteroatoms. The van der Waals surface area contributed by atoms with Gasteiger partial charge in [0.15, 0.2) is 0 Å². The SMILES string of the molecule is Oc1cccnc1CNCc1ccc(CCC23CC2[C@]32CCCCC2NCc2ccccn2)cc1. The quantitative estimate of drug-likeness (QED) is 0.384. The Balaban J connectivity index is 1.01. The third-order valence-corrected chi connectivity index (χ3v) is 9.12. The number of nitrogens with zero attached hydrogens (tertiary/aromatic N) is 2. The fourth-order valence-electron chi connectivity index (χ4n) is 7.15. The van der Waals surface area contributed by atoms with Gasteiger partial charge in [-0.05, 0) is 84.2 Å². The van der Waals surface area contributed by atoms with E-state index in [-0.39, 0.29) is 5.75 Å². The van der Waals surface area contributed by atoms with E-state index in [1.165, 1.54) is 56.1 Å². The third kappa shape index (κ3) is 4.25. The van der Waals surface area contributed by atoms with Crippen molar-refractivity contribution in [1.82, 2.24) is 20.6 Å². The number of rotatable bonds is 10. The summed E-state index contributed by atoms with van der Waals surface area (Å²) in [4.78, 5) is 8.75. The molecule has 3 aromatic rings. The Labute approximate surface area is 208 Å². The van der Waals surface area contributed by atoms with Crippen LogP contribution in [0.4, 0.5) is 0 Å². The highest BCUT2D eigenvalue weighted by Crippen LogP contribution is 2.92. The van der Waals surface area contributed by atoms with Gasteiger partial charge in [-0.25, -0.2) is 0 Å². The zero-order chi connectivity index (χ0) is 23.7. The largest absolute Gasteiger partial charge is 0.506 e. The number of pyridine rings is 2. The van der Waals surface area contributed by atoms with E-state index >= 15 is 0 Å². The molecule has 0 bridgehead atoms. The van der Waals surface area contributed by atoms with E-state index in [1.54, 1.807) is 18.3 Å². The zero-order valence-corrected chi connectivity index (χ0v) is 20.4. The number of fused-ring (bicyclic) bond motifs is 3. The summed E-state index contributed by atoms with van der Waals surface area (Å²) in [5.74, 6) is 1.20. The van der Waals surface area contributed by atoms with E-state index in [4.69, 9.17) is 0 Å². The first-order valence-electron chi connectivity index (χ1n) is 13.3. The van der Waals surface area contributed by atoms with Gasteiger partial charge >= 0.3 is 0 Å². The minimum atomic E-state index is 0.248. The van der Waals surface area contributed by atoms with Crippen LogP contribution in [0.3, 0.4) is 0 Å². The predicted molar refractivity (Wildman–Crippen MR) is 138 cm³/mol. The molecule has 3 aliphatic carbocycles. The second-order valence-corrected chi connectivity index (χ2v) is 10.8. The van der Waals surface area contributed by atoms with Gasteiger partial charge < -0.3 is 15.7 Å². The summed E-state index contributed by atoms with van der Waals surface area (Å²) < 4.78 is 0. The molecule has 3 N–H and O–H groups in total. The monoisotopic (exact) mass is 468 g/mol. The average Bonchev–Trinajstić information content (AvgIpc) is 3.78. The molecule has 0 amide bonds. The highest BCUT2D eigenvalue weighted by Gasteiger charge is 2.88. The third-order valence-electron chi connectivity index (χ3n) is 9.12. The fraction of sp³-hybridized carbons (Fsp3) is 0.467. The second kappa shape index (κ2) is 9.36. The lowest BCUT2D eigenvalue weighted by Gasteiger charge is -2.40. The van der Waals surface area contributed by atoms with Crippen LogP contribution in [0.25, 0.3) is 0 Å². The van der Waals surface area contributed by atoms with Gasteiger partial charge in [-0.15, -0.1) is 0 Å². The number of nitrogens with one attached hydrogen (secondary N) is 2. The van der Waals surface area contributed by atoms with Crippen LogP contribution < -0.4 is 10.6 Å². The minimum absolute atomic E-state index is 0.248. The van der Waals surface area contributed by atoms with E-state index in [9.17, 15) is 5.11 Å². The summed E-state index contributed by atoms with van der Waals surface area (Å²) in [6.07, 6.45) is 13.1. The van der Waals surface area contributed by atoms with Crippen LogP contribution in [0.5, 0.6) is 5.75 Å². The molecule has 1 spiro atoms. The van der Waals surface area contributed by atoms with Gasteiger partial charge in [0.1, 0.15) is 5.75 Å². The summed E-state index contributed by atoms with van der Waals surface area (Å²) in [6.45, 7) is 2.23. The summed E-state index contributed by atoms with van der Waals surface area (Å²) in [5, 5.41) is 17.2. The summed E-state index contributed by atoms with van der Waals surface area (Å²) in [7, 11) is 0. The average molecular weight is 469 g/mol. The van der Waals surface area contributed by atoms with Gasteiger partial charge in [0, 0.05) is 38.1 Å². The van der Waals surface area contributed by atoms with Crippen molar-refractivity contribution in [3.8, 4) is 5.75 Å². The molecule has 5 nitrogen and oxygen atoms in total. The van der Waals surface area contributed by atoms with Gasteiger partial charge in [-0.2, -0.15) is 0 Å². The van der Waals surface area contributed by atoms with Crippen molar-refractivity contribution >= 4 is 0 Å². The normalized spacial score (nSPS) is 28.6. The van der Waals surface area contributed by atoms with Gasteiger partial charge in [-0.1, -0.05) is 43.2 Å². The molecule has 0 saturated heterocycles. The van der Waals surface area contributed by atoms with E-state index in [0.29, 0.717) is 29.1 Å². The Bertz CT molecular complexity index is 1150. The van der Waals surface area contributed by atoms with Gasteiger partial charge in [0.2, 0.25) is 0 Å². The summed E-state index contributed by atoms with van der Waals surface area (Å²) >= 11 is 0. The number of aromatic hydroxyl groups is 1. The van der Waals surface area contributed by atoms with Gasteiger partial charge in [0.25, 0.3) is 0 Å². The number of hydrogen-bond donors (Lipinski definition) is 3. The molecule has 2 heterocycles. The molecule has 3 fully saturated rings. The number of benzene rings is 1. The van der Waals surface area contributed by atoms with E-state index in [0.717, 1.165) is 24.7 Å². The summed E-state index contributed by atoms with van der Waals surface area (Å²) in [5.41, 5.74) is 5.72. The highest BCUT2D eigenvalue weighted by molar-refractivity contribution is 5.38. The van der Waals surface area contributed by atoms with Crippen LogP contribution in [0.15, 0.2) is 67.0 Å². The molecule has 1 aromatic carbocycles. The number of aryl methyl sites for hydroxylation is 1. The predicted octanol–water partition coefficient (Wildman–Crippen LogP) is 5.14. The Morgan fingerprint density at radius 1 is 0.886 bits per heavy atom. The first-order chi connectivity index (χ1) is 17.2. The van der Waals surface area contributed by atoms with Crippen molar-refractivity contribution in [3.63, 3.8) is 0 Å². The topological polar surface area (TPSA) is 70.1 Å². The molecule has 3 saturated carbocycles. The maximum Gasteiger partial charge on any atom is 0.138 e. The highest BCUT2D eigenvalue weighted by atomic mass is 16.3. The van der Waals surface area contributed by atoms with E-state index in [1.807, 2.05) is 12.3 Å². The van der Waals surface area contributed by atoms with Crippen LogP contribution in [0.2, 0.25) is 0 Å². The second-order valence-electron chi connectivity index (χ2n) is 10.8. The van der Waals surface area contributed by atoms with Crippen molar-refractivity contribution in [2.24, 2.45) is 16.7 Å². The Morgan fingerprint density at radius 3 is 2.54 bits per heavy atom. The smallest absolute Gasteiger partial charge is 0.138 e. The van der Waals surface area contributed by atoms with Crippen molar-refractivity contribution < 1.29 is 5.11 Å². The molecular formula is C30H36N4O.